The van der Waals surface area contributed by atoms with Crippen molar-refractivity contribution in [1.82, 2.24) is 19.7 Å². The van der Waals surface area contributed by atoms with E-state index in [1.165, 1.54) is 18.3 Å². The molecule has 0 spiro atoms. The number of hydrogen-bond acceptors (Lipinski definition) is 7. The van der Waals surface area contributed by atoms with Crippen molar-refractivity contribution in [1.29, 1.82) is 0 Å². The van der Waals surface area contributed by atoms with Gasteiger partial charge in [0, 0.05) is 13.2 Å². The van der Waals surface area contributed by atoms with Gasteiger partial charge in [0.05, 0.1) is 28.5 Å². The normalized spacial score (nSPS) is 11.9. The zero-order valence-corrected chi connectivity index (χ0v) is 17.1. The fourth-order valence-corrected chi connectivity index (χ4v) is 3.56. The highest BCUT2D eigenvalue weighted by Gasteiger charge is 2.24. The SMILES string of the molecule is Cc1nc(-c2ccccn2)sc1C(=O)O[C@@H](C)C(=O)Nc1c(C)nn(C)c1C. The molecule has 0 aliphatic rings. The summed E-state index contributed by atoms with van der Waals surface area (Å²) in [6, 6.07) is 5.49. The lowest BCUT2D eigenvalue weighted by atomic mass is 10.3. The van der Waals surface area contributed by atoms with E-state index in [1.807, 2.05) is 25.1 Å². The first kappa shape index (κ1) is 19.7. The van der Waals surface area contributed by atoms with Crippen molar-refractivity contribution >= 4 is 28.9 Å². The molecule has 1 N–H and O–H groups in total. The molecule has 0 saturated carbocycles. The van der Waals surface area contributed by atoms with Crippen molar-refractivity contribution in [3.8, 4) is 10.7 Å². The molecule has 3 aromatic rings. The second kappa shape index (κ2) is 7.89. The minimum atomic E-state index is -0.966. The number of esters is 1. The molecule has 1 atom stereocenters. The first-order valence-corrected chi connectivity index (χ1v) is 9.50. The van der Waals surface area contributed by atoms with Gasteiger partial charge in [0.15, 0.2) is 6.10 Å². The Morgan fingerprint density at radius 3 is 2.57 bits per heavy atom. The van der Waals surface area contributed by atoms with E-state index in [0.717, 1.165) is 5.69 Å². The summed E-state index contributed by atoms with van der Waals surface area (Å²) in [6.45, 7) is 6.92. The van der Waals surface area contributed by atoms with Gasteiger partial charge in [0.1, 0.15) is 9.88 Å². The summed E-state index contributed by atoms with van der Waals surface area (Å²) < 4.78 is 7.04. The molecule has 0 fully saturated rings. The highest BCUT2D eigenvalue weighted by molar-refractivity contribution is 7.17. The van der Waals surface area contributed by atoms with Gasteiger partial charge in [-0.3, -0.25) is 14.5 Å². The minimum absolute atomic E-state index is 0.356. The van der Waals surface area contributed by atoms with Crippen LogP contribution in [0.5, 0.6) is 0 Å². The molecule has 3 heterocycles. The van der Waals surface area contributed by atoms with Gasteiger partial charge in [0.2, 0.25) is 0 Å². The topological polar surface area (TPSA) is 99.0 Å². The van der Waals surface area contributed by atoms with E-state index in [0.29, 0.717) is 32.7 Å². The lowest BCUT2D eigenvalue weighted by molar-refractivity contribution is -0.123. The molecule has 0 aromatic carbocycles. The number of ether oxygens (including phenoxy) is 1. The van der Waals surface area contributed by atoms with Crippen LogP contribution in [0.4, 0.5) is 5.69 Å². The number of anilines is 1. The van der Waals surface area contributed by atoms with E-state index in [2.05, 4.69) is 20.4 Å². The monoisotopic (exact) mass is 399 g/mol. The number of aryl methyl sites for hydroxylation is 3. The predicted octanol–water partition coefficient (Wildman–Crippen LogP) is 3.05. The maximum Gasteiger partial charge on any atom is 0.351 e. The van der Waals surface area contributed by atoms with Crippen molar-refractivity contribution in [3.63, 3.8) is 0 Å². The second-order valence-electron chi connectivity index (χ2n) is 6.35. The zero-order valence-electron chi connectivity index (χ0n) is 16.3. The average Bonchev–Trinajstić information content (AvgIpc) is 3.17. The fourth-order valence-electron chi connectivity index (χ4n) is 2.63. The molecular weight excluding hydrogens is 378 g/mol. The Hall–Kier alpha value is -3.07. The van der Waals surface area contributed by atoms with Crippen LogP contribution < -0.4 is 5.32 Å². The van der Waals surface area contributed by atoms with E-state index in [-0.39, 0.29) is 0 Å². The van der Waals surface area contributed by atoms with Crippen LogP contribution in [-0.2, 0) is 16.6 Å². The molecule has 0 radical (unpaired) electrons. The summed E-state index contributed by atoms with van der Waals surface area (Å²) in [5, 5.41) is 7.66. The quantitative estimate of drug-likeness (QED) is 0.662. The Labute approximate surface area is 166 Å². The number of amides is 1. The minimum Gasteiger partial charge on any atom is -0.448 e. The van der Waals surface area contributed by atoms with Gasteiger partial charge in [-0.15, -0.1) is 11.3 Å². The van der Waals surface area contributed by atoms with E-state index in [9.17, 15) is 9.59 Å². The van der Waals surface area contributed by atoms with Crippen molar-refractivity contribution < 1.29 is 14.3 Å². The highest BCUT2D eigenvalue weighted by Crippen LogP contribution is 2.27. The van der Waals surface area contributed by atoms with Crippen LogP contribution in [0.25, 0.3) is 10.7 Å². The molecule has 3 rings (SSSR count). The highest BCUT2D eigenvalue weighted by atomic mass is 32.1. The van der Waals surface area contributed by atoms with Crippen molar-refractivity contribution in [2.45, 2.75) is 33.8 Å². The molecule has 0 bridgehead atoms. The molecule has 28 heavy (non-hydrogen) atoms. The van der Waals surface area contributed by atoms with Crippen LogP contribution in [0.15, 0.2) is 24.4 Å². The van der Waals surface area contributed by atoms with E-state index in [4.69, 9.17) is 4.74 Å². The standard InChI is InChI=1S/C19H21N5O3S/c1-10-15(12(3)24(5)23-10)22-17(25)13(4)27-19(26)16-11(2)21-18(28-16)14-8-6-7-9-20-14/h6-9,13H,1-5H3,(H,22,25)/t13-/m0/s1. The second-order valence-corrected chi connectivity index (χ2v) is 7.35. The largest absolute Gasteiger partial charge is 0.448 e. The Morgan fingerprint density at radius 1 is 1.21 bits per heavy atom. The predicted molar refractivity (Wildman–Crippen MR) is 106 cm³/mol. The Balaban J connectivity index is 1.70. The fraction of sp³-hybridized carbons (Fsp3) is 0.316. The number of aromatic nitrogens is 4. The van der Waals surface area contributed by atoms with E-state index in [1.54, 1.807) is 31.8 Å². The Kier molecular flexibility index (Phi) is 5.55. The molecule has 8 nitrogen and oxygen atoms in total. The maximum absolute atomic E-state index is 12.5. The Bertz CT molecular complexity index is 1030. The summed E-state index contributed by atoms with van der Waals surface area (Å²) in [5.41, 5.74) is 3.37. The molecule has 0 aliphatic heterocycles. The van der Waals surface area contributed by atoms with Gasteiger partial charge in [-0.1, -0.05) is 6.07 Å². The molecule has 0 aliphatic carbocycles. The molecule has 9 heteroatoms. The van der Waals surface area contributed by atoms with Gasteiger partial charge in [-0.25, -0.2) is 9.78 Å². The van der Waals surface area contributed by atoms with Crippen LogP contribution in [0.2, 0.25) is 0 Å². The van der Waals surface area contributed by atoms with Gasteiger partial charge in [0.25, 0.3) is 5.91 Å². The van der Waals surface area contributed by atoms with Crippen LogP contribution in [0, 0.1) is 20.8 Å². The molecule has 0 unspecified atom stereocenters. The Morgan fingerprint density at radius 2 is 1.96 bits per heavy atom. The first-order valence-electron chi connectivity index (χ1n) is 8.68. The molecule has 3 aromatic heterocycles. The number of carbonyl (C=O) groups excluding carboxylic acids is 2. The number of hydrogen-bond donors (Lipinski definition) is 1. The maximum atomic E-state index is 12.5. The smallest absolute Gasteiger partial charge is 0.351 e. The lowest BCUT2D eigenvalue weighted by Gasteiger charge is -2.13. The van der Waals surface area contributed by atoms with Gasteiger partial charge < -0.3 is 10.1 Å². The summed E-state index contributed by atoms with van der Waals surface area (Å²) in [5.74, 6) is -1.00. The van der Waals surface area contributed by atoms with Crippen LogP contribution in [-0.4, -0.2) is 37.7 Å². The zero-order chi connectivity index (χ0) is 20.4. The van der Waals surface area contributed by atoms with Gasteiger partial charge in [-0.2, -0.15) is 5.10 Å². The third-order valence-electron chi connectivity index (χ3n) is 4.28. The third-order valence-corrected chi connectivity index (χ3v) is 5.44. The third kappa shape index (κ3) is 3.94. The van der Waals surface area contributed by atoms with Crippen LogP contribution in [0.3, 0.4) is 0 Å². The number of carbonyl (C=O) groups is 2. The van der Waals surface area contributed by atoms with Gasteiger partial charge >= 0.3 is 5.97 Å². The number of pyridine rings is 1. The van der Waals surface area contributed by atoms with Crippen molar-refractivity contribution in [3.05, 3.63) is 46.4 Å². The average molecular weight is 399 g/mol. The molecule has 146 valence electrons. The number of nitrogens with one attached hydrogen (secondary N) is 1. The number of nitrogens with zero attached hydrogens (tertiary/aromatic N) is 4. The summed E-state index contributed by atoms with van der Waals surface area (Å²) in [4.78, 5) is 34.0. The van der Waals surface area contributed by atoms with Crippen molar-refractivity contribution in [2.24, 2.45) is 7.05 Å². The van der Waals surface area contributed by atoms with E-state index >= 15 is 0 Å². The molecule has 1 amide bonds. The van der Waals surface area contributed by atoms with E-state index < -0.39 is 18.0 Å². The van der Waals surface area contributed by atoms with Gasteiger partial charge in [-0.05, 0) is 39.8 Å². The first-order chi connectivity index (χ1) is 13.3. The summed E-state index contributed by atoms with van der Waals surface area (Å²) in [7, 11) is 1.80. The van der Waals surface area contributed by atoms with Crippen LogP contribution in [0.1, 0.15) is 33.7 Å². The molecular formula is C19H21N5O3S. The van der Waals surface area contributed by atoms with Crippen LogP contribution >= 0.6 is 11.3 Å². The lowest BCUT2D eigenvalue weighted by Crippen LogP contribution is -2.30. The van der Waals surface area contributed by atoms with Crippen molar-refractivity contribution in [2.75, 3.05) is 5.32 Å². The summed E-state index contributed by atoms with van der Waals surface area (Å²) in [6.07, 6.45) is 0.699. The molecule has 0 saturated heterocycles. The number of thiazole rings is 1. The number of rotatable bonds is 5. The summed E-state index contributed by atoms with van der Waals surface area (Å²) >= 11 is 1.19.